The minimum absolute atomic E-state index is 0.185. The number of benzene rings is 1. The smallest absolute Gasteiger partial charge is 0.293 e. The first-order valence-corrected chi connectivity index (χ1v) is 7.80. The normalized spacial score (nSPS) is 16.4. The minimum atomic E-state index is -0.301. The van der Waals surface area contributed by atoms with Gasteiger partial charge in [-0.15, -0.1) is 0 Å². The summed E-state index contributed by atoms with van der Waals surface area (Å²) >= 11 is 3.30. The van der Waals surface area contributed by atoms with Gasteiger partial charge in [0.05, 0.1) is 4.92 Å². The van der Waals surface area contributed by atoms with E-state index in [1.165, 1.54) is 0 Å². The number of piperidine rings is 1. The number of anilines is 1. The number of halogens is 1. The summed E-state index contributed by atoms with van der Waals surface area (Å²) in [6.07, 6.45) is 2.17. The molecule has 1 aromatic carbocycles. The largest absolute Gasteiger partial charge is 0.366 e. The van der Waals surface area contributed by atoms with Crippen LogP contribution in [0.3, 0.4) is 0 Å². The van der Waals surface area contributed by atoms with Crippen LogP contribution in [0.5, 0.6) is 0 Å². The third kappa shape index (κ3) is 3.70. The second-order valence-electron chi connectivity index (χ2n) is 5.13. The highest BCUT2D eigenvalue weighted by molar-refractivity contribution is 9.10. The molecule has 1 aliphatic heterocycles. The van der Waals surface area contributed by atoms with Gasteiger partial charge in [0.15, 0.2) is 0 Å². The zero-order valence-corrected chi connectivity index (χ0v) is 13.2. The van der Waals surface area contributed by atoms with Crippen LogP contribution in [-0.4, -0.2) is 31.1 Å². The fourth-order valence-electron chi connectivity index (χ4n) is 2.64. The van der Waals surface area contributed by atoms with E-state index < -0.39 is 0 Å². The topological polar surface area (TPSA) is 58.4 Å². The molecule has 0 radical (unpaired) electrons. The molecule has 2 rings (SSSR count). The number of nitrogens with zero attached hydrogens (tertiary/aromatic N) is 2. The van der Waals surface area contributed by atoms with Crippen LogP contribution in [0.1, 0.15) is 19.8 Å². The highest BCUT2D eigenvalue weighted by Gasteiger charge is 2.24. The third-order valence-electron chi connectivity index (χ3n) is 3.77. The van der Waals surface area contributed by atoms with Gasteiger partial charge in [-0.1, -0.05) is 22.9 Å². The van der Waals surface area contributed by atoms with Crippen LogP contribution in [0.2, 0.25) is 0 Å². The van der Waals surface area contributed by atoms with Crippen molar-refractivity contribution in [1.82, 2.24) is 5.32 Å². The molecule has 0 unspecified atom stereocenters. The fourth-order valence-corrected chi connectivity index (χ4v) is 2.99. The highest BCUT2D eigenvalue weighted by atomic mass is 79.9. The van der Waals surface area contributed by atoms with Crippen LogP contribution in [0.4, 0.5) is 11.4 Å². The molecule has 0 aromatic heterocycles. The predicted molar refractivity (Wildman–Crippen MR) is 84.3 cm³/mol. The monoisotopic (exact) mass is 341 g/mol. The van der Waals surface area contributed by atoms with Crippen LogP contribution in [0, 0.1) is 16.0 Å². The number of hydrogen-bond donors (Lipinski definition) is 1. The lowest BCUT2D eigenvalue weighted by atomic mass is 9.96. The first-order valence-electron chi connectivity index (χ1n) is 7.01. The first-order chi connectivity index (χ1) is 9.61. The van der Waals surface area contributed by atoms with Crippen molar-refractivity contribution in [3.63, 3.8) is 0 Å². The Morgan fingerprint density at radius 2 is 2.15 bits per heavy atom. The van der Waals surface area contributed by atoms with Crippen molar-refractivity contribution in [2.24, 2.45) is 5.92 Å². The van der Waals surface area contributed by atoms with Crippen LogP contribution >= 0.6 is 15.9 Å². The van der Waals surface area contributed by atoms with Gasteiger partial charge in [0.1, 0.15) is 5.69 Å². The van der Waals surface area contributed by atoms with Gasteiger partial charge < -0.3 is 10.2 Å². The molecule has 1 saturated heterocycles. The average Bonchev–Trinajstić information content (AvgIpc) is 2.45. The zero-order chi connectivity index (χ0) is 14.5. The number of nitro groups is 1. The third-order valence-corrected chi connectivity index (χ3v) is 4.27. The maximum Gasteiger partial charge on any atom is 0.293 e. The molecule has 0 aliphatic carbocycles. The van der Waals surface area contributed by atoms with Crippen LogP contribution in [0.15, 0.2) is 22.7 Å². The molecule has 0 bridgehead atoms. The summed E-state index contributed by atoms with van der Waals surface area (Å²) in [5.41, 5.74) is 0.921. The van der Waals surface area contributed by atoms with Gasteiger partial charge in [0.25, 0.3) is 5.69 Å². The van der Waals surface area contributed by atoms with E-state index in [4.69, 9.17) is 0 Å². The maximum atomic E-state index is 11.2. The molecular weight excluding hydrogens is 322 g/mol. The lowest BCUT2D eigenvalue weighted by molar-refractivity contribution is -0.384. The van der Waals surface area contributed by atoms with Crippen molar-refractivity contribution < 1.29 is 4.92 Å². The van der Waals surface area contributed by atoms with Crippen molar-refractivity contribution in [2.45, 2.75) is 19.8 Å². The van der Waals surface area contributed by atoms with Gasteiger partial charge in [-0.05, 0) is 44.0 Å². The molecule has 0 amide bonds. The summed E-state index contributed by atoms with van der Waals surface area (Å²) in [6, 6.07) is 5.29. The van der Waals surface area contributed by atoms with E-state index in [1.807, 2.05) is 12.1 Å². The Balaban J connectivity index is 2.05. The predicted octanol–water partition coefficient (Wildman–Crippen LogP) is 3.18. The summed E-state index contributed by atoms with van der Waals surface area (Å²) in [4.78, 5) is 13.0. The van der Waals surface area contributed by atoms with Crippen LogP contribution in [0.25, 0.3) is 0 Å². The molecular formula is C14H20BrN3O2. The Morgan fingerprint density at radius 3 is 2.75 bits per heavy atom. The van der Waals surface area contributed by atoms with Crippen molar-refractivity contribution in [1.29, 1.82) is 0 Å². The molecule has 20 heavy (non-hydrogen) atoms. The van der Waals surface area contributed by atoms with E-state index in [1.54, 1.807) is 6.07 Å². The molecule has 1 N–H and O–H groups in total. The Hall–Kier alpha value is -1.14. The van der Waals surface area contributed by atoms with Gasteiger partial charge >= 0.3 is 0 Å². The van der Waals surface area contributed by atoms with Crippen molar-refractivity contribution in [2.75, 3.05) is 31.1 Å². The summed E-state index contributed by atoms with van der Waals surface area (Å²) in [5.74, 6) is 0.681. The quantitative estimate of drug-likeness (QED) is 0.660. The Labute approximate surface area is 127 Å². The Bertz CT molecular complexity index is 473. The molecule has 6 heteroatoms. The number of nitro benzene ring substituents is 1. The summed E-state index contributed by atoms with van der Waals surface area (Å²) in [7, 11) is 0. The second kappa shape index (κ2) is 7.04. The average molecular weight is 342 g/mol. The van der Waals surface area contributed by atoms with E-state index in [0.717, 1.165) is 49.2 Å². The summed E-state index contributed by atoms with van der Waals surface area (Å²) < 4.78 is 0.745. The van der Waals surface area contributed by atoms with E-state index >= 15 is 0 Å². The van der Waals surface area contributed by atoms with E-state index in [-0.39, 0.29) is 10.6 Å². The van der Waals surface area contributed by atoms with Gasteiger partial charge in [-0.25, -0.2) is 0 Å². The van der Waals surface area contributed by atoms with Crippen molar-refractivity contribution in [3.05, 3.63) is 32.8 Å². The van der Waals surface area contributed by atoms with E-state index in [9.17, 15) is 10.1 Å². The number of hydrogen-bond acceptors (Lipinski definition) is 4. The minimum Gasteiger partial charge on any atom is -0.366 e. The lowest BCUT2D eigenvalue weighted by Gasteiger charge is -2.33. The van der Waals surface area contributed by atoms with E-state index in [0.29, 0.717) is 5.92 Å². The second-order valence-corrected chi connectivity index (χ2v) is 6.04. The molecule has 0 saturated carbocycles. The number of rotatable bonds is 5. The van der Waals surface area contributed by atoms with Gasteiger partial charge in [-0.2, -0.15) is 0 Å². The van der Waals surface area contributed by atoms with Crippen molar-refractivity contribution >= 4 is 27.3 Å². The molecule has 5 nitrogen and oxygen atoms in total. The SMILES string of the molecule is CCNCC1CCN(c2ccc(Br)cc2[N+](=O)[O-])CC1. The van der Waals surface area contributed by atoms with E-state index in [2.05, 4.69) is 33.1 Å². The van der Waals surface area contributed by atoms with Crippen LogP contribution in [-0.2, 0) is 0 Å². The number of nitrogens with one attached hydrogen (secondary N) is 1. The highest BCUT2D eigenvalue weighted by Crippen LogP contribution is 2.33. The molecule has 110 valence electrons. The van der Waals surface area contributed by atoms with Gasteiger partial charge in [-0.3, -0.25) is 10.1 Å². The zero-order valence-electron chi connectivity index (χ0n) is 11.6. The first kappa shape index (κ1) is 15.3. The van der Waals surface area contributed by atoms with Gasteiger partial charge in [0.2, 0.25) is 0 Å². The van der Waals surface area contributed by atoms with Crippen molar-refractivity contribution in [3.8, 4) is 0 Å². The van der Waals surface area contributed by atoms with Crippen LogP contribution < -0.4 is 10.2 Å². The maximum absolute atomic E-state index is 11.2. The standard InChI is InChI=1S/C14H20BrN3O2/c1-2-16-10-11-5-7-17(8-6-11)13-4-3-12(15)9-14(13)18(19)20/h3-4,9,11,16H,2,5-8,10H2,1H3. The lowest BCUT2D eigenvalue weighted by Crippen LogP contribution is -2.37. The fraction of sp³-hybridized carbons (Fsp3) is 0.571. The molecule has 1 fully saturated rings. The summed E-state index contributed by atoms with van der Waals surface area (Å²) in [5, 5.41) is 14.5. The Morgan fingerprint density at radius 1 is 1.45 bits per heavy atom. The Kier molecular flexibility index (Phi) is 5.37. The summed E-state index contributed by atoms with van der Waals surface area (Å²) in [6.45, 7) is 5.93. The molecule has 0 spiro atoms. The molecule has 1 aromatic rings. The molecule has 1 heterocycles. The molecule has 0 atom stereocenters. The molecule has 1 aliphatic rings. The van der Waals surface area contributed by atoms with Gasteiger partial charge in [0, 0.05) is 23.6 Å².